The molecule has 0 aromatic rings. The molecule has 0 bridgehead atoms. The topological polar surface area (TPSA) is 43.4 Å². The van der Waals surface area contributed by atoms with Gasteiger partial charge in [-0.1, -0.05) is 33.6 Å². The SMILES string of the molecule is CCCCC(C)C(=O)OC(=O)CC. The normalized spacial score (nSPS) is 12.2. The Kier molecular flexibility index (Phi) is 6.20. The van der Waals surface area contributed by atoms with Crippen molar-refractivity contribution in [2.24, 2.45) is 5.92 Å². The van der Waals surface area contributed by atoms with Gasteiger partial charge in [-0.2, -0.15) is 0 Å². The van der Waals surface area contributed by atoms with Gasteiger partial charge in [-0.25, -0.2) is 0 Å². The molecule has 0 saturated carbocycles. The second kappa shape index (κ2) is 6.63. The Morgan fingerprint density at radius 1 is 1.31 bits per heavy atom. The van der Waals surface area contributed by atoms with Crippen molar-refractivity contribution in [2.75, 3.05) is 0 Å². The van der Waals surface area contributed by atoms with Crippen LogP contribution in [0.4, 0.5) is 0 Å². The summed E-state index contributed by atoms with van der Waals surface area (Å²) in [5.74, 6) is -0.982. The molecular formula is C10H18O3. The molecule has 0 aromatic carbocycles. The number of carbonyl (C=O) groups is 2. The van der Waals surface area contributed by atoms with Crippen LogP contribution in [0, 0.1) is 5.92 Å². The summed E-state index contributed by atoms with van der Waals surface area (Å²) in [7, 11) is 0. The van der Waals surface area contributed by atoms with E-state index in [1.165, 1.54) is 0 Å². The van der Waals surface area contributed by atoms with Gasteiger partial charge in [-0.15, -0.1) is 0 Å². The monoisotopic (exact) mass is 186 g/mol. The van der Waals surface area contributed by atoms with Crippen molar-refractivity contribution in [3.8, 4) is 0 Å². The van der Waals surface area contributed by atoms with Gasteiger partial charge >= 0.3 is 11.9 Å². The van der Waals surface area contributed by atoms with Crippen LogP contribution in [0.2, 0.25) is 0 Å². The molecular weight excluding hydrogens is 168 g/mol. The molecule has 0 amide bonds. The fraction of sp³-hybridized carbons (Fsp3) is 0.800. The third-order valence-corrected chi connectivity index (χ3v) is 1.90. The van der Waals surface area contributed by atoms with Crippen molar-refractivity contribution in [3.05, 3.63) is 0 Å². The van der Waals surface area contributed by atoms with Crippen LogP contribution in [0.3, 0.4) is 0 Å². The molecule has 3 heteroatoms. The van der Waals surface area contributed by atoms with Gasteiger partial charge in [-0.05, 0) is 6.42 Å². The number of rotatable bonds is 5. The molecule has 0 aliphatic heterocycles. The Balaban J connectivity index is 3.75. The van der Waals surface area contributed by atoms with E-state index in [4.69, 9.17) is 0 Å². The predicted molar refractivity (Wildman–Crippen MR) is 50.1 cm³/mol. The maximum atomic E-state index is 11.2. The molecule has 0 rings (SSSR count). The molecule has 1 unspecified atom stereocenters. The zero-order valence-corrected chi connectivity index (χ0v) is 8.63. The average Bonchev–Trinajstić information content (AvgIpc) is 2.13. The van der Waals surface area contributed by atoms with Crippen molar-refractivity contribution in [2.45, 2.75) is 46.5 Å². The van der Waals surface area contributed by atoms with Gasteiger partial charge in [0.05, 0.1) is 5.92 Å². The van der Waals surface area contributed by atoms with E-state index in [1.807, 2.05) is 0 Å². The van der Waals surface area contributed by atoms with Crippen LogP contribution in [0.1, 0.15) is 46.5 Å². The lowest BCUT2D eigenvalue weighted by atomic mass is 10.1. The van der Waals surface area contributed by atoms with Crippen molar-refractivity contribution in [1.29, 1.82) is 0 Å². The fourth-order valence-electron chi connectivity index (χ4n) is 0.913. The highest BCUT2D eigenvalue weighted by Gasteiger charge is 2.16. The number of hydrogen-bond donors (Lipinski definition) is 0. The molecule has 3 nitrogen and oxygen atoms in total. The Morgan fingerprint density at radius 3 is 2.38 bits per heavy atom. The molecule has 0 spiro atoms. The van der Waals surface area contributed by atoms with E-state index in [2.05, 4.69) is 11.7 Å². The first kappa shape index (κ1) is 12.1. The molecule has 0 aliphatic rings. The van der Waals surface area contributed by atoms with Gasteiger partial charge in [0.25, 0.3) is 0 Å². The Labute approximate surface area is 79.5 Å². The summed E-state index contributed by atoms with van der Waals surface area (Å²) < 4.78 is 4.58. The van der Waals surface area contributed by atoms with Gasteiger partial charge in [-0.3, -0.25) is 9.59 Å². The lowest BCUT2D eigenvalue weighted by molar-refractivity contribution is -0.162. The van der Waals surface area contributed by atoms with E-state index in [9.17, 15) is 9.59 Å². The van der Waals surface area contributed by atoms with E-state index in [-0.39, 0.29) is 18.3 Å². The van der Waals surface area contributed by atoms with Gasteiger partial charge in [0.15, 0.2) is 0 Å². The largest absolute Gasteiger partial charge is 0.393 e. The summed E-state index contributed by atoms with van der Waals surface area (Å²) in [6.07, 6.45) is 3.11. The first-order chi connectivity index (χ1) is 6.11. The standard InChI is InChI=1S/C10H18O3/c1-4-6-7-8(3)10(12)13-9(11)5-2/h8H,4-7H2,1-3H3. The zero-order chi connectivity index (χ0) is 10.3. The van der Waals surface area contributed by atoms with Crippen molar-refractivity contribution in [3.63, 3.8) is 0 Å². The summed E-state index contributed by atoms with van der Waals surface area (Å²) in [5.41, 5.74) is 0. The van der Waals surface area contributed by atoms with E-state index in [0.717, 1.165) is 19.3 Å². The van der Waals surface area contributed by atoms with Crippen LogP contribution >= 0.6 is 0 Å². The summed E-state index contributed by atoms with van der Waals surface area (Å²) >= 11 is 0. The third-order valence-electron chi connectivity index (χ3n) is 1.90. The number of carbonyl (C=O) groups excluding carboxylic acids is 2. The van der Waals surface area contributed by atoms with Gasteiger partial charge in [0.2, 0.25) is 0 Å². The highest BCUT2D eigenvalue weighted by atomic mass is 16.6. The fourth-order valence-corrected chi connectivity index (χ4v) is 0.913. The molecule has 0 aromatic heterocycles. The Hall–Kier alpha value is -0.860. The van der Waals surface area contributed by atoms with Gasteiger partial charge in [0.1, 0.15) is 0 Å². The predicted octanol–water partition coefficient (Wildman–Crippen LogP) is 2.29. The molecule has 0 N–H and O–H groups in total. The summed E-state index contributed by atoms with van der Waals surface area (Å²) in [5, 5.41) is 0. The lowest BCUT2D eigenvalue weighted by Crippen LogP contribution is -2.18. The minimum atomic E-state index is -0.437. The average molecular weight is 186 g/mol. The first-order valence-corrected chi connectivity index (χ1v) is 4.86. The second-order valence-electron chi connectivity index (χ2n) is 3.19. The molecule has 0 radical (unpaired) electrons. The highest BCUT2D eigenvalue weighted by molar-refractivity contribution is 5.86. The molecule has 13 heavy (non-hydrogen) atoms. The highest BCUT2D eigenvalue weighted by Crippen LogP contribution is 2.09. The smallest absolute Gasteiger partial charge is 0.316 e. The molecule has 0 fully saturated rings. The van der Waals surface area contributed by atoms with Crippen LogP contribution in [0.25, 0.3) is 0 Å². The Bertz CT molecular complexity index is 175. The lowest BCUT2D eigenvalue weighted by Gasteiger charge is -2.08. The quantitative estimate of drug-likeness (QED) is 0.488. The summed E-state index contributed by atoms with van der Waals surface area (Å²) in [6.45, 7) is 5.53. The van der Waals surface area contributed by atoms with Crippen molar-refractivity contribution >= 4 is 11.9 Å². The molecule has 76 valence electrons. The minimum Gasteiger partial charge on any atom is -0.393 e. The molecule has 0 heterocycles. The van der Waals surface area contributed by atoms with Crippen molar-refractivity contribution in [1.82, 2.24) is 0 Å². The zero-order valence-electron chi connectivity index (χ0n) is 8.63. The second-order valence-corrected chi connectivity index (χ2v) is 3.19. The van der Waals surface area contributed by atoms with Crippen LogP contribution < -0.4 is 0 Å². The van der Waals surface area contributed by atoms with E-state index in [1.54, 1.807) is 13.8 Å². The van der Waals surface area contributed by atoms with Crippen molar-refractivity contribution < 1.29 is 14.3 Å². The number of hydrogen-bond acceptors (Lipinski definition) is 3. The number of esters is 2. The Morgan fingerprint density at radius 2 is 1.92 bits per heavy atom. The maximum absolute atomic E-state index is 11.2. The van der Waals surface area contributed by atoms with E-state index >= 15 is 0 Å². The van der Waals surface area contributed by atoms with E-state index < -0.39 is 5.97 Å². The van der Waals surface area contributed by atoms with Crippen LogP contribution in [-0.4, -0.2) is 11.9 Å². The third kappa shape index (κ3) is 5.39. The van der Waals surface area contributed by atoms with Crippen LogP contribution in [-0.2, 0) is 14.3 Å². The van der Waals surface area contributed by atoms with Gasteiger partial charge < -0.3 is 4.74 Å². The summed E-state index contributed by atoms with van der Waals surface area (Å²) in [6, 6.07) is 0. The van der Waals surface area contributed by atoms with Crippen LogP contribution in [0.15, 0.2) is 0 Å². The van der Waals surface area contributed by atoms with Crippen LogP contribution in [0.5, 0.6) is 0 Å². The van der Waals surface area contributed by atoms with E-state index in [0.29, 0.717) is 0 Å². The number of ether oxygens (including phenoxy) is 1. The van der Waals surface area contributed by atoms with Gasteiger partial charge in [0, 0.05) is 6.42 Å². The summed E-state index contributed by atoms with van der Waals surface area (Å²) in [4.78, 5) is 21.9. The molecule has 0 saturated heterocycles. The maximum Gasteiger partial charge on any atom is 0.316 e. The number of unbranched alkanes of at least 4 members (excludes halogenated alkanes) is 1. The first-order valence-electron chi connectivity index (χ1n) is 4.86. The molecule has 0 aliphatic carbocycles. The minimum absolute atomic E-state index is 0.157. The molecule has 1 atom stereocenters.